The summed E-state index contributed by atoms with van der Waals surface area (Å²) >= 11 is 0. The Kier molecular flexibility index (Phi) is 4.40. The zero-order chi connectivity index (χ0) is 17.6. The molecule has 2 aliphatic carbocycles. The summed E-state index contributed by atoms with van der Waals surface area (Å²) in [6, 6.07) is 12.8. The molecule has 3 aliphatic rings. The van der Waals surface area contributed by atoms with E-state index in [9.17, 15) is 5.11 Å². The summed E-state index contributed by atoms with van der Waals surface area (Å²) in [5.41, 5.74) is 13.8. The van der Waals surface area contributed by atoms with Gasteiger partial charge in [-0.1, -0.05) is 47.5 Å². The van der Waals surface area contributed by atoms with Gasteiger partial charge in [0, 0.05) is 0 Å². The van der Waals surface area contributed by atoms with Crippen molar-refractivity contribution >= 4 is 0 Å². The Hall–Kier alpha value is -1.68. The Morgan fingerprint density at radius 1 is 0.920 bits per heavy atom. The lowest BCUT2D eigenvalue weighted by Crippen LogP contribution is -2.31. The van der Waals surface area contributed by atoms with Crippen molar-refractivity contribution in [3.05, 3.63) is 69.8 Å². The molecule has 0 bridgehead atoms. The quantitative estimate of drug-likeness (QED) is 0.721. The number of hydrogen-bond donors (Lipinski definition) is 2. The summed E-state index contributed by atoms with van der Waals surface area (Å²) in [4.78, 5) is 0. The fourth-order valence-electron chi connectivity index (χ4n) is 4.08. The van der Waals surface area contributed by atoms with E-state index in [0.29, 0.717) is 12.2 Å². The molecule has 3 N–H and O–H groups in total. The molecule has 5 rings (SSSR count). The van der Waals surface area contributed by atoms with Crippen LogP contribution in [0.3, 0.4) is 0 Å². The molecule has 3 heteroatoms. The second kappa shape index (κ2) is 6.56. The minimum Gasteiger partial charge on any atom is -0.391 e. The molecular formula is C22H27NO2. The van der Waals surface area contributed by atoms with Crippen molar-refractivity contribution in [3.63, 3.8) is 0 Å². The summed E-state index contributed by atoms with van der Waals surface area (Å²) < 4.78 is 5.56. The van der Waals surface area contributed by atoms with E-state index >= 15 is 0 Å². The first-order valence-electron chi connectivity index (χ1n) is 9.31. The zero-order valence-corrected chi connectivity index (χ0v) is 15.0. The van der Waals surface area contributed by atoms with Gasteiger partial charge in [0.25, 0.3) is 0 Å². The Morgan fingerprint density at radius 2 is 1.52 bits per heavy atom. The number of aliphatic hydroxyl groups is 1. The van der Waals surface area contributed by atoms with Crippen molar-refractivity contribution in [2.75, 3.05) is 0 Å². The normalized spacial score (nSPS) is 28.8. The summed E-state index contributed by atoms with van der Waals surface area (Å²) in [6.45, 7) is 4.19. The van der Waals surface area contributed by atoms with Crippen molar-refractivity contribution < 1.29 is 9.84 Å². The van der Waals surface area contributed by atoms with Crippen LogP contribution in [-0.2, 0) is 17.6 Å². The molecule has 4 unspecified atom stereocenters. The van der Waals surface area contributed by atoms with Crippen LogP contribution in [0, 0.1) is 13.8 Å². The van der Waals surface area contributed by atoms with Crippen LogP contribution in [0.25, 0.3) is 0 Å². The summed E-state index contributed by atoms with van der Waals surface area (Å²) in [6.07, 6.45) is 4.81. The van der Waals surface area contributed by atoms with Gasteiger partial charge in [-0.15, -0.1) is 0 Å². The summed E-state index contributed by atoms with van der Waals surface area (Å²) in [5, 5.41) is 9.59. The standard InChI is InChI=1S/C11H15NO.C11H12O/c1-7-2-3-8-4-5-10(13)11(12)9(8)6-7;1-7-2-3-8-4-5-10-11(12-10)9(8)6-7/h2-3,6,10-11,13H,4-5,12H2,1H3;2-3,6,10-11H,4-5H2,1H3. The first-order valence-corrected chi connectivity index (χ1v) is 9.31. The van der Waals surface area contributed by atoms with Gasteiger partial charge >= 0.3 is 0 Å². The maximum absolute atomic E-state index is 9.59. The SMILES string of the molecule is Cc1ccc2c(c1)C(N)C(O)CC2.Cc1ccc2c(c1)C1OC1CC2. The number of hydrogen-bond acceptors (Lipinski definition) is 3. The minimum absolute atomic E-state index is 0.191. The van der Waals surface area contributed by atoms with E-state index in [1.807, 2.05) is 6.92 Å². The van der Waals surface area contributed by atoms with Crippen molar-refractivity contribution in [2.24, 2.45) is 5.73 Å². The van der Waals surface area contributed by atoms with E-state index in [1.165, 1.54) is 40.7 Å². The molecular weight excluding hydrogens is 310 g/mol. The molecule has 4 atom stereocenters. The van der Waals surface area contributed by atoms with E-state index in [0.717, 1.165) is 18.4 Å². The highest BCUT2D eigenvalue weighted by atomic mass is 16.6. The number of epoxide rings is 1. The number of fused-ring (bicyclic) bond motifs is 4. The van der Waals surface area contributed by atoms with Gasteiger partial charge in [-0.25, -0.2) is 0 Å². The molecule has 0 radical (unpaired) electrons. The number of aryl methyl sites for hydroxylation is 4. The Bertz CT molecular complexity index is 786. The van der Waals surface area contributed by atoms with Gasteiger partial charge in [0.15, 0.2) is 0 Å². The van der Waals surface area contributed by atoms with Gasteiger partial charge in [0.2, 0.25) is 0 Å². The molecule has 1 heterocycles. The summed E-state index contributed by atoms with van der Waals surface area (Å²) in [7, 11) is 0. The van der Waals surface area contributed by atoms with Crippen LogP contribution >= 0.6 is 0 Å². The van der Waals surface area contributed by atoms with Gasteiger partial charge < -0.3 is 15.6 Å². The molecule has 0 saturated carbocycles. The molecule has 2 aromatic carbocycles. The predicted octanol–water partition coefficient (Wildman–Crippen LogP) is 3.68. The molecule has 0 aromatic heterocycles. The molecule has 1 fully saturated rings. The molecule has 25 heavy (non-hydrogen) atoms. The van der Waals surface area contributed by atoms with Crippen LogP contribution in [0.4, 0.5) is 0 Å². The molecule has 1 aliphatic heterocycles. The third-order valence-electron chi connectivity index (χ3n) is 5.67. The van der Waals surface area contributed by atoms with Crippen molar-refractivity contribution in [1.29, 1.82) is 0 Å². The maximum atomic E-state index is 9.59. The predicted molar refractivity (Wildman–Crippen MR) is 99.5 cm³/mol. The smallest absolute Gasteiger partial charge is 0.109 e. The average molecular weight is 337 g/mol. The largest absolute Gasteiger partial charge is 0.391 e. The third-order valence-corrected chi connectivity index (χ3v) is 5.67. The van der Waals surface area contributed by atoms with Crippen molar-refractivity contribution in [2.45, 2.75) is 63.9 Å². The second-order valence-electron chi connectivity index (χ2n) is 7.67. The highest BCUT2D eigenvalue weighted by Gasteiger charge is 2.43. The van der Waals surface area contributed by atoms with E-state index in [4.69, 9.17) is 10.5 Å². The highest BCUT2D eigenvalue weighted by Crippen LogP contribution is 2.46. The van der Waals surface area contributed by atoms with E-state index in [2.05, 4.69) is 43.3 Å². The Labute approximate surface area is 149 Å². The van der Waals surface area contributed by atoms with Gasteiger partial charge in [-0.3, -0.25) is 0 Å². The molecule has 132 valence electrons. The minimum atomic E-state index is -0.366. The fraction of sp³-hybridized carbons (Fsp3) is 0.455. The first-order chi connectivity index (χ1) is 12.0. The first kappa shape index (κ1) is 16.8. The summed E-state index contributed by atoms with van der Waals surface area (Å²) in [5.74, 6) is 0. The van der Waals surface area contributed by atoms with E-state index in [-0.39, 0.29) is 12.1 Å². The lowest BCUT2D eigenvalue weighted by atomic mass is 9.85. The number of nitrogens with two attached hydrogens (primary N) is 1. The number of benzene rings is 2. The van der Waals surface area contributed by atoms with Crippen LogP contribution in [-0.4, -0.2) is 17.3 Å². The zero-order valence-electron chi connectivity index (χ0n) is 15.0. The Balaban J connectivity index is 0.000000126. The Morgan fingerprint density at radius 3 is 2.24 bits per heavy atom. The van der Waals surface area contributed by atoms with Crippen LogP contribution in [0.5, 0.6) is 0 Å². The van der Waals surface area contributed by atoms with E-state index in [1.54, 1.807) is 0 Å². The molecule has 3 nitrogen and oxygen atoms in total. The highest BCUT2D eigenvalue weighted by molar-refractivity contribution is 5.38. The van der Waals surface area contributed by atoms with Crippen LogP contribution in [0.2, 0.25) is 0 Å². The maximum Gasteiger partial charge on any atom is 0.109 e. The molecule has 0 spiro atoms. The van der Waals surface area contributed by atoms with Crippen LogP contribution in [0.1, 0.15) is 58.4 Å². The van der Waals surface area contributed by atoms with Gasteiger partial charge in [-0.05, 0) is 61.8 Å². The number of ether oxygens (including phenoxy) is 1. The number of aliphatic hydroxyl groups excluding tert-OH is 1. The molecule has 0 amide bonds. The van der Waals surface area contributed by atoms with Crippen LogP contribution in [0.15, 0.2) is 36.4 Å². The van der Waals surface area contributed by atoms with E-state index < -0.39 is 0 Å². The average Bonchev–Trinajstić information content (AvgIpc) is 3.39. The molecule has 1 saturated heterocycles. The number of rotatable bonds is 0. The topological polar surface area (TPSA) is 58.8 Å². The lowest BCUT2D eigenvalue weighted by Gasteiger charge is -2.27. The van der Waals surface area contributed by atoms with Crippen LogP contribution < -0.4 is 5.73 Å². The fourth-order valence-corrected chi connectivity index (χ4v) is 4.08. The van der Waals surface area contributed by atoms with Gasteiger partial charge in [0.05, 0.1) is 18.2 Å². The third kappa shape index (κ3) is 3.37. The molecule has 2 aromatic rings. The van der Waals surface area contributed by atoms with Crippen molar-refractivity contribution in [3.8, 4) is 0 Å². The lowest BCUT2D eigenvalue weighted by molar-refractivity contribution is 0.128. The van der Waals surface area contributed by atoms with Gasteiger partial charge in [-0.2, -0.15) is 0 Å². The van der Waals surface area contributed by atoms with Gasteiger partial charge in [0.1, 0.15) is 6.10 Å². The monoisotopic (exact) mass is 337 g/mol. The van der Waals surface area contributed by atoms with Crippen molar-refractivity contribution in [1.82, 2.24) is 0 Å². The second-order valence-corrected chi connectivity index (χ2v) is 7.67.